The van der Waals surface area contributed by atoms with Gasteiger partial charge in [0.1, 0.15) is 0 Å². The van der Waals surface area contributed by atoms with E-state index < -0.39 is 0 Å². The molecule has 3 heteroatoms. The highest BCUT2D eigenvalue weighted by atomic mass is 35.5. The second-order valence-corrected chi connectivity index (χ2v) is 5.01. The number of hydrogen-bond acceptors (Lipinski definition) is 1. The molecule has 2 aromatic heterocycles. The first-order valence-electron chi connectivity index (χ1n) is 6.02. The Morgan fingerprint density at radius 2 is 1.84 bits per heavy atom. The van der Waals surface area contributed by atoms with E-state index in [2.05, 4.69) is 0 Å². The van der Waals surface area contributed by atoms with Crippen LogP contribution in [0.1, 0.15) is 16.1 Å². The van der Waals surface area contributed by atoms with Gasteiger partial charge in [-0.3, -0.25) is 4.79 Å². The molecule has 0 spiro atoms. The molecule has 3 aromatic rings. The summed E-state index contributed by atoms with van der Waals surface area (Å²) in [5.41, 5.74) is 4.72. The van der Waals surface area contributed by atoms with Gasteiger partial charge in [-0.2, -0.15) is 0 Å². The topological polar surface area (TPSA) is 21.5 Å². The Hall–Kier alpha value is -2.06. The molecule has 0 saturated carbocycles. The smallest absolute Gasteiger partial charge is 0.167 e. The Labute approximate surface area is 116 Å². The van der Waals surface area contributed by atoms with Gasteiger partial charge in [0.2, 0.25) is 0 Å². The highest BCUT2D eigenvalue weighted by molar-refractivity contribution is 6.30. The van der Waals surface area contributed by atoms with E-state index in [1.165, 1.54) is 0 Å². The third-order valence-corrected chi connectivity index (χ3v) is 3.47. The molecule has 2 heterocycles. The van der Waals surface area contributed by atoms with E-state index in [1.807, 2.05) is 60.0 Å². The third-order valence-electron chi connectivity index (χ3n) is 3.22. The van der Waals surface area contributed by atoms with Crippen LogP contribution in [0.2, 0.25) is 5.02 Å². The van der Waals surface area contributed by atoms with Crippen LogP contribution in [-0.2, 0) is 0 Å². The molecule has 0 aliphatic rings. The molecule has 0 bridgehead atoms. The average Bonchev–Trinajstić information content (AvgIpc) is 2.77. The van der Waals surface area contributed by atoms with Gasteiger partial charge in [-0.15, -0.1) is 0 Å². The number of pyridine rings is 1. The first kappa shape index (κ1) is 12.0. The molecule has 0 amide bonds. The van der Waals surface area contributed by atoms with Crippen molar-refractivity contribution < 1.29 is 4.79 Å². The van der Waals surface area contributed by atoms with E-state index in [-0.39, 0.29) is 0 Å². The van der Waals surface area contributed by atoms with Gasteiger partial charge >= 0.3 is 0 Å². The predicted octanol–water partition coefficient (Wildman–Crippen LogP) is 4.38. The predicted molar refractivity (Wildman–Crippen MR) is 78.0 cm³/mol. The van der Waals surface area contributed by atoms with Gasteiger partial charge in [0, 0.05) is 22.3 Å². The van der Waals surface area contributed by atoms with Crippen LogP contribution in [0.5, 0.6) is 0 Å². The molecule has 1 aromatic carbocycles. The molecule has 0 atom stereocenters. The fraction of sp³-hybridized carbons (Fsp3) is 0.0625. The minimum Gasteiger partial charge on any atom is -0.313 e. The van der Waals surface area contributed by atoms with Crippen molar-refractivity contribution in [2.24, 2.45) is 0 Å². The van der Waals surface area contributed by atoms with Crippen molar-refractivity contribution in [3.8, 4) is 11.1 Å². The summed E-state index contributed by atoms with van der Waals surface area (Å²) in [6, 6.07) is 13.6. The SMILES string of the molecule is Cc1ccc2cc(-c3ccc(Cl)cc3)c(C=O)n2c1. The molecular weight excluding hydrogens is 258 g/mol. The number of fused-ring (bicyclic) bond motifs is 1. The largest absolute Gasteiger partial charge is 0.313 e. The van der Waals surface area contributed by atoms with Gasteiger partial charge in [-0.1, -0.05) is 29.8 Å². The molecule has 0 saturated heterocycles. The lowest BCUT2D eigenvalue weighted by atomic mass is 10.1. The molecule has 0 unspecified atom stereocenters. The molecule has 0 radical (unpaired) electrons. The van der Waals surface area contributed by atoms with E-state index in [1.54, 1.807) is 0 Å². The number of aldehydes is 1. The summed E-state index contributed by atoms with van der Waals surface area (Å²) in [4.78, 5) is 11.4. The van der Waals surface area contributed by atoms with Gasteiger partial charge < -0.3 is 4.40 Å². The lowest BCUT2D eigenvalue weighted by Crippen LogP contribution is -1.92. The number of carbonyl (C=O) groups excluding carboxylic acids is 1. The van der Waals surface area contributed by atoms with Crippen LogP contribution in [0.4, 0.5) is 0 Å². The quantitative estimate of drug-likeness (QED) is 0.633. The number of aromatic nitrogens is 1. The summed E-state index contributed by atoms with van der Waals surface area (Å²) in [5, 5.41) is 0.691. The minimum atomic E-state index is 0.668. The van der Waals surface area contributed by atoms with Crippen LogP contribution in [0.25, 0.3) is 16.6 Å². The second-order valence-electron chi connectivity index (χ2n) is 4.57. The summed E-state index contributed by atoms with van der Waals surface area (Å²) in [5.74, 6) is 0. The summed E-state index contributed by atoms with van der Waals surface area (Å²) in [6.07, 6.45) is 2.87. The highest BCUT2D eigenvalue weighted by Crippen LogP contribution is 2.28. The van der Waals surface area contributed by atoms with Crippen molar-refractivity contribution in [3.63, 3.8) is 0 Å². The Kier molecular flexibility index (Phi) is 2.88. The first-order chi connectivity index (χ1) is 9.19. The zero-order valence-electron chi connectivity index (χ0n) is 10.4. The summed E-state index contributed by atoms with van der Waals surface area (Å²) in [7, 11) is 0. The van der Waals surface area contributed by atoms with E-state index >= 15 is 0 Å². The van der Waals surface area contributed by atoms with Crippen LogP contribution in [0, 0.1) is 6.92 Å². The molecule has 0 aliphatic heterocycles. The van der Waals surface area contributed by atoms with E-state index in [0.29, 0.717) is 10.7 Å². The lowest BCUT2D eigenvalue weighted by Gasteiger charge is -2.01. The average molecular weight is 270 g/mol. The van der Waals surface area contributed by atoms with Gasteiger partial charge in [0.05, 0.1) is 5.69 Å². The van der Waals surface area contributed by atoms with Crippen LogP contribution in [0.3, 0.4) is 0 Å². The van der Waals surface area contributed by atoms with Crippen LogP contribution in [-0.4, -0.2) is 10.7 Å². The van der Waals surface area contributed by atoms with Gasteiger partial charge in [-0.25, -0.2) is 0 Å². The van der Waals surface area contributed by atoms with Crippen LogP contribution >= 0.6 is 11.6 Å². The standard InChI is InChI=1S/C16H12ClNO/c1-11-2-7-14-8-15(16(10-19)18(14)9-11)12-3-5-13(17)6-4-12/h2-10H,1H3. The molecule has 3 rings (SSSR count). The summed E-state index contributed by atoms with van der Waals surface area (Å²) in [6.45, 7) is 2.01. The third kappa shape index (κ3) is 2.04. The van der Waals surface area contributed by atoms with Gasteiger partial charge in [-0.05, 0) is 42.3 Å². The molecule has 0 aliphatic carbocycles. The molecule has 94 valence electrons. The summed E-state index contributed by atoms with van der Waals surface area (Å²) >= 11 is 5.90. The number of aryl methyl sites for hydroxylation is 1. The first-order valence-corrected chi connectivity index (χ1v) is 6.39. The summed E-state index contributed by atoms with van der Waals surface area (Å²) < 4.78 is 1.92. The van der Waals surface area contributed by atoms with Crippen molar-refractivity contribution in [2.75, 3.05) is 0 Å². The second kappa shape index (κ2) is 4.56. The van der Waals surface area contributed by atoms with Crippen LogP contribution < -0.4 is 0 Å². The van der Waals surface area contributed by atoms with Crippen molar-refractivity contribution in [2.45, 2.75) is 6.92 Å². The fourth-order valence-corrected chi connectivity index (χ4v) is 2.40. The Morgan fingerprint density at radius 3 is 2.53 bits per heavy atom. The Balaban J connectivity index is 2.28. The number of rotatable bonds is 2. The molecular formula is C16H12ClNO. The highest BCUT2D eigenvalue weighted by Gasteiger charge is 2.11. The molecule has 0 fully saturated rings. The fourth-order valence-electron chi connectivity index (χ4n) is 2.28. The molecule has 2 nitrogen and oxygen atoms in total. The monoisotopic (exact) mass is 269 g/mol. The Bertz CT molecular complexity index is 756. The van der Waals surface area contributed by atoms with Crippen molar-refractivity contribution in [1.29, 1.82) is 0 Å². The maximum atomic E-state index is 11.4. The lowest BCUT2D eigenvalue weighted by molar-refractivity contribution is 0.111. The van der Waals surface area contributed by atoms with Crippen molar-refractivity contribution in [3.05, 3.63) is 64.9 Å². The zero-order chi connectivity index (χ0) is 13.4. The van der Waals surface area contributed by atoms with E-state index in [9.17, 15) is 4.79 Å². The number of benzene rings is 1. The minimum absolute atomic E-state index is 0.668. The van der Waals surface area contributed by atoms with E-state index in [4.69, 9.17) is 11.6 Å². The van der Waals surface area contributed by atoms with E-state index in [0.717, 1.165) is 28.5 Å². The number of nitrogens with zero attached hydrogens (tertiary/aromatic N) is 1. The zero-order valence-corrected chi connectivity index (χ0v) is 11.2. The normalized spacial score (nSPS) is 10.8. The maximum Gasteiger partial charge on any atom is 0.167 e. The number of hydrogen-bond donors (Lipinski definition) is 0. The number of carbonyl (C=O) groups is 1. The molecule has 0 N–H and O–H groups in total. The van der Waals surface area contributed by atoms with Crippen molar-refractivity contribution >= 4 is 23.4 Å². The van der Waals surface area contributed by atoms with Crippen LogP contribution in [0.15, 0.2) is 48.7 Å². The number of halogens is 1. The Morgan fingerprint density at radius 1 is 1.11 bits per heavy atom. The van der Waals surface area contributed by atoms with Gasteiger partial charge in [0.15, 0.2) is 6.29 Å². The molecule has 19 heavy (non-hydrogen) atoms. The van der Waals surface area contributed by atoms with Crippen molar-refractivity contribution in [1.82, 2.24) is 4.40 Å². The maximum absolute atomic E-state index is 11.4. The van der Waals surface area contributed by atoms with Gasteiger partial charge in [0.25, 0.3) is 0 Å².